The molecule has 1 amide bonds. The molecule has 1 heterocycles. The first-order chi connectivity index (χ1) is 12.6. The van der Waals surface area contributed by atoms with Crippen LogP contribution in [0, 0.1) is 13.8 Å². The van der Waals surface area contributed by atoms with Crippen molar-refractivity contribution in [3.05, 3.63) is 77.6 Å². The van der Waals surface area contributed by atoms with Gasteiger partial charge in [-0.1, -0.05) is 36.8 Å². The number of anilines is 1. The molecule has 3 aromatic rings. The van der Waals surface area contributed by atoms with Crippen molar-refractivity contribution in [2.45, 2.75) is 38.5 Å². The van der Waals surface area contributed by atoms with Gasteiger partial charge in [0, 0.05) is 11.4 Å². The summed E-state index contributed by atoms with van der Waals surface area (Å²) in [4.78, 5) is 13.0. The Hall–Kier alpha value is -2.88. The molecule has 2 aromatic carbocycles. The zero-order chi connectivity index (χ0) is 18.1. The second-order valence-electron chi connectivity index (χ2n) is 7.14. The highest BCUT2D eigenvalue weighted by Crippen LogP contribution is 2.44. The fourth-order valence-electron chi connectivity index (χ4n) is 3.76. The molecule has 1 aromatic heterocycles. The number of carbonyl (C=O) groups excluding carboxylic acids is 1. The summed E-state index contributed by atoms with van der Waals surface area (Å²) in [5.74, 6) is 0.0915. The van der Waals surface area contributed by atoms with Crippen LogP contribution in [-0.2, 0) is 10.2 Å². The van der Waals surface area contributed by atoms with E-state index in [1.165, 1.54) is 0 Å². The number of aryl methyl sites for hydroxylation is 2. The van der Waals surface area contributed by atoms with Gasteiger partial charge in [-0.05, 0) is 62.6 Å². The van der Waals surface area contributed by atoms with Crippen molar-refractivity contribution in [1.82, 2.24) is 9.78 Å². The first kappa shape index (κ1) is 16.6. The standard InChI is InChI=1S/C22H23N3O/c1-16-15-17(2)25(24-16)20-11-9-19(10-12-20)23-21(26)22(13-6-14-22)18-7-4-3-5-8-18/h3-5,7-12,15H,6,13-14H2,1-2H3,(H,23,26). The van der Waals surface area contributed by atoms with Gasteiger partial charge in [0.2, 0.25) is 5.91 Å². The molecule has 0 aliphatic heterocycles. The van der Waals surface area contributed by atoms with Crippen LogP contribution >= 0.6 is 0 Å². The van der Waals surface area contributed by atoms with Crippen LogP contribution in [0.4, 0.5) is 5.69 Å². The third kappa shape index (κ3) is 2.81. The molecule has 1 saturated carbocycles. The van der Waals surface area contributed by atoms with E-state index in [4.69, 9.17) is 0 Å². The number of nitrogens with zero attached hydrogens (tertiary/aromatic N) is 2. The molecule has 4 nitrogen and oxygen atoms in total. The van der Waals surface area contributed by atoms with Gasteiger partial charge in [0.1, 0.15) is 0 Å². The Balaban J connectivity index is 1.54. The van der Waals surface area contributed by atoms with E-state index in [1.54, 1.807) is 0 Å². The Labute approximate surface area is 153 Å². The third-order valence-corrected chi connectivity index (χ3v) is 5.35. The van der Waals surface area contributed by atoms with Gasteiger partial charge >= 0.3 is 0 Å². The van der Waals surface area contributed by atoms with Crippen molar-refractivity contribution in [3.8, 4) is 5.69 Å². The Morgan fingerprint density at radius 2 is 1.73 bits per heavy atom. The summed E-state index contributed by atoms with van der Waals surface area (Å²) in [5, 5.41) is 7.61. The van der Waals surface area contributed by atoms with Crippen molar-refractivity contribution < 1.29 is 4.79 Å². The van der Waals surface area contributed by atoms with Crippen LogP contribution in [0.5, 0.6) is 0 Å². The van der Waals surface area contributed by atoms with Gasteiger partial charge in [0.05, 0.1) is 16.8 Å². The largest absolute Gasteiger partial charge is 0.325 e. The van der Waals surface area contributed by atoms with E-state index in [1.807, 2.05) is 61.0 Å². The van der Waals surface area contributed by atoms with E-state index in [0.29, 0.717) is 0 Å². The molecule has 4 heteroatoms. The molecule has 4 rings (SSSR count). The summed E-state index contributed by atoms with van der Waals surface area (Å²) in [6.07, 6.45) is 2.92. The number of rotatable bonds is 4. The number of hydrogen-bond donors (Lipinski definition) is 1. The molecule has 0 saturated heterocycles. The monoisotopic (exact) mass is 345 g/mol. The fraction of sp³-hybridized carbons (Fsp3) is 0.273. The third-order valence-electron chi connectivity index (χ3n) is 5.35. The number of hydrogen-bond acceptors (Lipinski definition) is 2. The summed E-state index contributed by atoms with van der Waals surface area (Å²) in [6.45, 7) is 4.02. The highest BCUT2D eigenvalue weighted by Gasteiger charge is 2.45. The summed E-state index contributed by atoms with van der Waals surface area (Å²) in [5.41, 5.74) is 4.64. The van der Waals surface area contributed by atoms with Crippen molar-refractivity contribution >= 4 is 11.6 Å². The van der Waals surface area contributed by atoms with Gasteiger partial charge in [-0.2, -0.15) is 5.10 Å². The molecule has 1 aliphatic carbocycles. The summed E-state index contributed by atoms with van der Waals surface area (Å²) >= 11 is 0. The van der Waals surface area contributed by atoms with E-state index in [2.05, 4.69) is 28.6 Å². The van der Waals surface area contributed by atoms with Gasteiger partial charge < -0.3 is 5.32 Å². The van der Waals surface area contributed by atoms with Crippen LogP contribution in [0.1, 0.15) is 36.2 Å². The molecule has 0 atom stereocenters. The summed E-state index contributed by atoms with van der Waals surface area (Å²) in [7, 11) is 0. The number of carbonyl (C=O) groups is 1. The van der Waals surface area contributed by atoms with E-state index >= 15 is 0 Å². The predicted molar refractivity (Wildman–Crippen MR) is 104 cm³/mol. The molecular formula is C22H23N3O. The lowest BCUT2D eigenvalue weighted by Crippen LogP contribution is -2.45. The number of benzene rings is 2. The lowest BCUT2D eigenvalue weighted by Gasteiger charge is -2.40. The van der Waals surface area contributed by atoms with Crippen LogP contribution in [-0.4, -0.2) is 15.7 Å². The second-order valence-corrected chi connectivity index (χ2v) is 7.14. The van der Waals surface area contributed by atoms with Crippen LogP contribution in [0.3, 0.4) is 0 Å². The normalized spacial score (nSPS) is 15.3. The van der Waals surface area contributed by atoms with Crippen LogP contribution in [0.2, 0.25) is 0 Å². The van der Waals surface area contributed by atoms with Crippen molar-refractivity contribution in [2.75, 3.05) is 5.32 Å². The molecule has 1 fully saturated rings. The highest BCUT2D eigenvalue weighted by molar-refractivity contribution is 6.00. The van der Waals surface area contributed by atoms with Gasteiger partial charge in [0.15, 0.2) is 0 Å². The molecule has 1 aliphatic rings. The number of amides is 1. The Bertz CT molecular complexity index is 922. The van der Waals surface area contributed by atoms with E-state index in [-0.39, 0.29) is 11.3 Å². The fourth-order valence-corrected chi connectivity index (χ4v) is 3.76. The highest BCUT2D eigenvalue weighted by atomic mass is 16.2. The van der Waals surface area contributed by atoms with E-state index in [9.17, 15) is 4.79 Å². The maximum atomic E-state index is 13.0. The number of aromatic nitrogens is 2. The minimum atomic E-state index is -0.379. The molecule has 0 unspecified atom stereocenters. The second kappa shape index (κ2) is 6.45. The van der Waals surface area contributed by atoms with E-state index in [0.717, 1.165) is 47.6 Å². The van der Waals surface area contributed by atoms with Gasteiger partial charge in [-0.15, -0.1) is 0 Å². The first-order valence-electron chi connectivity index (χ1n) is 9.09. The van der Waals surface area contributed by atoms with Crippen molar-refractivity contribution in [3.63, 3.8) is 0 Å². The van der Waals surface area contributed by atoms with Gasteiger partial charge in [-0.25, -0.2) is 4.68 Å². The average molecular weight is 345 g/mol. The SMILES string of the molecule is Cc1cc(C)n(-c2ccc(NC(=O)C3(c4ccccc4)CCC3)cc2)n1. The van der Waals surface area contributed by atoms with Gasteiger partial charge in [-0.3, -0.25) is 4.79 Å². The average Bonchev–Trinajstić information content (AvgIpc) is 2.94. The first-order valence-corrected chi connectivity index (χ1v) is 9.09. The zero-order valence-electron chi connectivity index (χ0n) is 15.2. The quantitative estimate of drug-likeness (QED) is 0.754. The lowest BCUT2D eigenvalue weighted by molar-refractivity contribution is -0.124. The smallest absolute Gasteiger partial charge is 0.235 e. The molecule has 0 radical (unpaired) electrons. The molecule has 132 valence electrons. The Kier molecular flexibility index (Phi) is 4.11. The number of nitrogens with one attached hydrogen (secondary N) is 1. The lowest BCUT2D eigenvalue weighted by atomic mass is 9.64. The van der Waals surface area contributed by atoms with Crippen LogP contribution < -0.4 is 5.32 Å². The topological polar surface area (TPSA) is 46.9 Å². The van der Waals surface area contributed by atoms with E-state index < -0.39 is 0 Å². The molecule has 1 N–H and O–H groups in total. The summed E-state index contributed by atoms with van der Waals surface area (Å²) in [6, 6.07) is 20.0. The Morgan fingerprint density at radius 1 is 1.04 bits per heavy atom. The Morgan fingerprint density at radius 3 is 2.27 bits per heavy atom. The van der Waals surface area contributed by atoms with Crippen LogP contribution in [0.15, 0.2) is 60.7 Å². The van der Waals surface area contributed by atoms with Gasteiger partial charge in [0.25, 0.3) is 0 Å². The minimum absolute atomic E-state index is 0.0915. The van der Waals surface area contributed by atoms with Crippen molar-refractivity contribution in [2.24, 2.45) is 0 Å². The minimum Gasteiger partial charge on any atom is -0.325 e. The molecule has 26 heavy (non-hydrogen) atoms. The predicted octanol–water partition coefficient (Wildman–Crippen LogP) is 4.55. The zero-order valence-corrected chi connectivity index (χ0v) is 15.2. The maximum Gasteiger partial charge on any atom is 0.235 e. The maximum absolute atomic E-state index is 13.0. The molecule has 0 bridgehead atoms. The summed E-state index contributed by atoms with van der Waals surface area (Å²) < 4.78 is 1.92. The molecular weight excluding hydrogens is 322 g/mol. The van der Waals surface area contributed by atoms with Crippen molar-refractivity contribution in [1.29, 1.82) is 0 Å². The van der Waals surface area contributed by atoms with Crippen LogP contribution in [0.25, 0.3) is 5.69 Å². The molecule has 0 spiro atoms.